The van der Waals surface area contributed by atoms with Crippen molar-refractivity contribution in [2.24, 2.45) is 0 Å². The van der Waals surface area contributed by atoms with Gasteiger partial charge in [-0.1, -0.05) is 19.1 Å². The summed E-state index contributed by atoms with van der Waals surface area (Å²) in [6.45, 7) is 1.66. The van der Waals surface area contributed by atoms with Crippen LogP contribution in [0.25, 0.3) is 0 Å². The van der Waals surface area contributed by atoms with Crippen LogP contribution in [0.4, 0.5) is 0 Å². The number of hydrogen-bond donors (Lipinski definition) is 2. The Labute approximate surface area is 106 Å². The molecular formula is C13H17NO4. The van der Waals surface area contributed by atoms with Crippen LogP contribution in [0.3, 0.4) is 0 Å². The van der Waals surface area contributed by atoms with Crippen LogP contribution < -0.4 is 10.1 Å². The largest absolute Gasteiger partial charge is 0.496 e. The lowest BCUT2D eigenvalue weighted by Gasteiger charge is -2.10. The monoisotopic (exact) mass is 251 g/mol. The number of amides is 1. The summed E-state index contributed by atoms with van der Waals surface area (Å²) in [6.07, 6.45) is 0.984. The summed E-state index contributed by atoms with van der Waals surface area (Å²) in [7, 11) is 1.54. The molecule has 0 aliphatic carbocycles. The van der Waals surface area contributed by atoms with Crippen molar-refractivity contribution < 1.29 is 19.4 Å². The van der Waals surface area contributed by atoms with Crippen molar-refractivity contribution in [1.29, 1.82) is 0 Å². The third-order valence-electron chi connectivity index (χ3n) is 2.54. The number of carbonyl (C=O) groups excluding carboxylic acids is 1. The molecule has 0 fully saturated rings. The summed E-state index contributed by atoms with van der Waals surface area (Å²) in [5.41, 5.74) is 1.87. The maximum Gasteiger partial charge on any atom is 0.322 e. The zero-order valence-corrected chi connectivity index (χ0v) is 10.5. The van der Waals surface area contributed by atoms with E-state index in [1.165, 1.54) is 0 Å². The maximum absolute atomic E-state index is 11.6. The summed E-state index contributed by atoms with van der Waals surface area (Å²) < 4.78 is 5.17. The topological polar surface area (TPSA) is 75.6 Å². The lowest BCUT2D eigenvalue weighted by Crippen LogP contribution is -2.30. The first-order chi connectivity index (χ1) is 8.56. The lowest BCUT2D eigenvalue weighted by atomic mass is 10.0. The molecule has 0 atom stereocenters. The van der Waals surface area contributed by atoms with E-state index in [0.717, 1.165) is 17.5 Å². The van der Waals surface area contributed by atoms with E-state index < -0.39 is 5.97 Å². The van der Waals surface area contributed by atoms with Gasteiger partial charge in [0.25, 0.3) is 0 Å². The second-order valence-corrected chi connectivity index (χ2v) is 3.85. The molecule has 1 aromatic carbocycles. The third kappa shape index (κ3) is 4.08. The molecule has 18 heavy (non-hydrogen) atoms. The van der Waals surface area contributed by atoms with E-state index >= 15 is 0 Å². The van der Waals surface area contributed by atoms with E-state index in [2.05, 4.69) is 5.32 Å². The minimum absolute atomic E-state index is 0.115. The average molecular weight is 251 g/mol. The van der Waals surface area contributed by atoms with Gasteiger partial charge in [-0.3, -0.25) is 9.59 Å². The Morgan fingerprint density at radius 1 is 1.39 bits per heavy atom. The first kappa shape index (κ1) is 14.0. The molecule has 0 spiro atoms. The minimum Gasteiger partial charge on any atom is -0.496 e. The number of benzene rings is 1. The highest BCUT2D eigenvalue weighted by Gasteiger charge is 2.10. The molecule has 98 valence electrons. The highest BCUT2D eigenvalue weighted by molar-refractivity contribution is 5.83. The predicted octanol–water partition coefficient (Wildman–Crippen LogP) is 1.00. The third-order valence-corrected chi connectivity index (χ3v) is 2.54. The van der Waals surface area contributed by atoms with Gasteiger partial charge in [-0.15, -0.1) is 0 Å². The van der Waals surface area contributed by atoms with E-state index in [9.17, 15) is 9.59 Å². The van der Waals surface area contributed by atoms with Crippen molar-refractivity contribution in [3.05, 3.63) is 29.3 Å². The Morgan fingerprint density at radius 3 is 2.67 bits per heavy atom. The van der Waals surface area contributed by atoms with E-state index in [1.54, 1.807) is 7.11 Å². The van der Waals surface area contributed by atoms with Crippen molar-refractivity contribution in [2.45, 2.75) is 19.8 Å². The standard InChI is InChI=1S/C13H17NO4/c1-3-9-4-5-11(18-2)10(6-9)7-12(15)14-8-13(16)17/h4-6H,3,7-8H2,1-2H3,(H,14,15)(H,16,17). The van der Waals surface area contributed by atoms with Crippen molar-refractivity contribution in [3.63, 3.8) is 0 Å². The number of hydrogen-bond acceptors (Lipinski definition) is 3. The van der Waals surface area contributed by atoms with Gasteiger partial charge < -0.3 is 15.2 Å². The van der Waals surface area contributed by atoms with Crippen molar-refractivity contribution in [3.8, 4) is 5.75 Å². The summed E-state index contributed by atoms with van der Waals surface area (Å²) in [4.78, 5) is 21.9. The molecule has 0 unspecified atom stereocenters. The Morgan fingerprint density at radius 2 is 2.11 bits per heavy atom. The maximum atomic E-state index is 11.6. The molecule has 2 N–H and O–H groups in total. The van der Waals surface area contributed by atoms with Crippen molar-refractivity contribution in [2.75, 3.05) is 13.7 Å². The number of carboxylic acids is 1. The first-order valence-corrected chi connectivity index (χ1v) is 5.71. The smallest absolute Gasteiger partial charge is 0.322 e. The Bertz CT molecular complexity index is 443. The number of rotatable bonds is 6. The first-order valence-electron chi connectivity index (χ1n) is 5.71. The molecule has 0 heterocycles. The molecule has 0 bridgehead atoms. The van der Waals surface area contributed by atoms with Gasteiger partial charge in [0.1, 0.15) is 12.3 Å². The minimum atomic E-state index is -1.06. The van der Waals surface area contributed by atoms with E-state index in [-0.39, 0.29) is 18.9 Å². The average Bonchev–Trinajstić information content (AvgIpc) is 2.36. The van der Waals surface area contributed by atoms with Gasteiger partial charge in [0.2, 0.25) is 5.91 Å². The van der Waals surface area contributed by atoms with Crippen LogP contribution in [0.1, 0.15) is 18.1 Å². The number of nitrogens with one attached hydrogen (secondary N) is 1. The molecule has 1 amide bonds. The molecule has 0 aromatic heterocycles. The zero-order chi connectivity index (χ0) is 13.5. The van der Waals surface area contributed by atoms with E-state index in [4.69, 9.17) is 9.84 Å². The number of methoxy groups -OCH3 is 1. The van der Waals surface area contributed by atoms with Gasteiger partial charge in [0.05, 0.1) is 13.5 Å². The number of carbonyl (C=O) groups is 2. The van der Waals surface area contributed by atoms with Gasteiger partial charge in [-0.25, -0.2) is 0 Å². The Balaban J connectivity index is 2.75. The highest BCUT2D eigenvalue weighted by atomic mass is 16.5. The van der Waals surface area contributed by atoms with Crippen molar-refractivity contribution in [1.82, 2.24) is 5.32 Å². The number of aryl methyl sites for hydroxylation is 1. The molecule has 0 aliphatic rings. The molecule has 0 saturated heterocycles. The van der Waals surface area contributed by atoms with Crippen LogP contribution in [0.15, 0.2) is 18.2 Å². The van der Waals surface area contributed by atoms with E-state index in [0.29, 0.717) is 5.75 Å². The van der Waals surface area contributed by atoms with Gasteiger partial charge in [-0.05, 0) is 18.1 Å². The highest BCUT2D eigenvalue weighted by Crippen LogP contribution is 2.20. The Hall–Kier alpha value is -2.04. The molecule has 0 radical (unpaired) electrons. The van der Waals surface area contributed by atoms with Gasteiger partial charge in [0.15, 0.2) is 0 Å². The number of carboxylic acid groups (broad SMARTS) is 1. The summed E-state index contributed by atoms with van der Waals surface area (Å²) in [5, 5.41) is 10.8. The van der Waals surface area contributed by atoms with Gasteiger partial charge in [-0.2, -0.15) is 0 Å². The molecule has 1 aromatic rings. The Kier molecular flexibility index (Phi) is 5.17. The quantitative estimate of drug-likeness (QED) is 0.791. The molecule has 1 rings (SSSR count). The lowest BCUT2D eigenvalue weighted by molar-refractivity contribution is -0.137. The fourth-order valence-corrected chi connectivity index (χ4v) is 1.60. The van der Waals surface area contributed by atoms with Crippen LogP contribution in [-0.4, -0.2) is 30.6 Å². The number of aliphatic carboxylic acids is 1. The molecule has 0 saturated carbocycles. The summed E-state index contributed by atoms with van der Waals surface area (Å²) in [6, 6.07) is 5.66. The summed E-state index contributed by atoms with van der Waals surface area (Å²) in [5.74, 6) is -0.751. The zero-order valence-electron chi connectivity index (χ0n) is 10.5. The van der Waals surface area contributed by atoms with E-state index in [1.807, 2.05) is 25.1 Å². The number of ether oxygens (including phenoxy) is 1. The van der Waals surface area contributed by atoms with Crippen LogP contribution in [0, 0.1) is 0 Å². The van der Waals surface area contributed by atoms with Crippen molar-refractivity contribution >= 4 is 11.9 Å². The normalized spacial score (nSPS) is 9.89. The van der Waals surface area contributed by atoms with Crippen LogP contribution >= 0.6 is 0 Å². The van der Waals surface area contributed by atoms with Crippen LogP contribution in [0.2, 0.25) is 0 Å². The van der Waals surface area contributed by atoms with Gasteiger partial charge in [0, 0.05) is 5.56 Å². The SMILES string of the molecule is CCc1ccc(OC)c(CC(=O)NCC(=O)O)c1. The second kappa shape index (κ2) is 6.64. The molecule has 5 nitrogen and oxygen atoms in total. The molecule has 0 aliphatic heterocycles. The fraction of sp³-hybridized carbons (Fsp3) is 0.385. The van der Waals surface area contributed by atoms with Crippen LogP contribution in [0.5, 0.6) is 5.75 Å². The predicted molar refractivity (Wildman–Crippen MR) is 66.7 cm³/mol. The summed E-state index contributed by atoms with van der Waals surface area (Å²) >= 11 is 0. The van der Waals surface area contributed by atoms with Crippen LogP contribution in [-0.2, 0) is 22.4 Å². The van der Waals surface area contributed by atoms with Gasteiger partial charge >= 0.3 is 5.97 Å². The molecular weight excluding hydrogens is 234 g/mol. The fourth-order valence-electron chi connectivity index (χ4n) is 1.60. The molecule has 5 heteroatoms. The second-order valence-electron chi connectivity index (χ2n) is 3.85.